The van der Waals surface area contributed by atoms with Crippen molar-refractivity contribution >= 4 is 5.97 Å². The zero-order valence-electron chi connectivity index (χ0n) is 7.81. The lowest BCUT2D eigenvalue weighted by atomic mass is 10.3. The summed E-state index contributed by atoms with van der Waals surface area (Å²) in [6.45, 7) is -0.902. The van der Waals surface area contributed by atoms with E-state index in [4.69, 9.17) is 10.2 Å². The predicted molar refractivity (Wildman–Crippen MR) is 43.8 cm³/mol. The average molecular weight is 221 g/mol. The number of alkyl halides is 2. The van der Waals surface area contributed by atoms with E-state index >= 15 is 0 Å². The number of aromatic nitrogens is 3. The van der Waals surface area contributed by atoms with Crippen molar-refractivity contribution in [1.82, 2.24) is 15.0 Å². The monoisotopic (exact) mass is 221 g/mol. The van der Waals surface area contributed by atoms with E-state index in [2.05, 4.69) is 10.3 Å². The van der Waals surface area contributed by atoms with E-state index in [1.165, 1.54) is 6.92 Å². The molecular formula is C7H9F2N3O3. The van der Waals surface area contributed by atoms with Crippen LogP contribution in [0.25, 0.3) is 0 Å². The lowest BCUT2D eigenvalue weighted by Crippen LogP contribution is -2.29. The van der Waals surface area contributed by atoms with Crippen molar-refractivity contribution in [2.45, 2.75) is 19.4 Å². The highest BCUT2D eigenvalue weighted by Crippen LogP contribution is 2.16. The van der Waals surface area contributed by atoms with Crippen LogP contribution in [0.4, 0.5) is 8.78 Å². The van der Waals surface area contributed by atoms with Gasteiger partial charge in [-0.25, -0.2) is 18.3 Å². The van der Waals surface area contributed by atoms with Gasteiger partial charge in [-0.05, 0) is 6.92 Å². The Labute approximate surface area is 83.1 Å². The second-order valence-electron chi connectivity index (χ2n) is 3.00. The van der Waals surface area contributed by atoms with Crippen LogP contribution in [0.2, 0.25) is 0 Å². The zero-order valence-corrected chi connectivity index (χ0v) is 7.81. The van der Waals surface area contributed by atoms with E-state index in [9.17, 15) is 13.6 Å². The molecule has 0 saturated heterocycles. The first kappa shape index (κ1) is 11.5. The van der Waals surface area contributed by atoms with Gasteiger partial charge in [0.25, 0.3) is 5.92 Å². The van der Waals surface area contributed by atoms with E-state index in [1.807, 2.05) is 0 Å². The van der Waals surface area contributed by atoms with Crippen molar-refractivity contribution in [2.24, 2.45) is 0 Å². The van der Waals surface area contributed by atoms with Gasteiger partial charge in [0.15, 0.2) is 5.69 Å². The molecule has 1 aromatic heterocycles. The van der Waals surface area contributed by atoms with Crippen LogP contribution in [0.5, 0.6) is 0 Å². The number of halogens is 2. The van der Waals surface area contributed by atoms with Gasteiger partial charge in [0.1, 0.15) is 13.2 Å². The molecule has 0 aliphatic carbocycles. The van der Waals surface area contributed by atoms with Crippen LogP contribution in [0.15, 0.2) is 0 Å². The molecule has 15 heavy (non-hydrogen) atoms. The minimum absolute atomic E-state index is 0.0237. The molecule has 84 valence electrons. The van der Waals surface area contributed by atoms with Crippen molar-refractivity contribution in [3.63, 3.8) is 0 Å². The summed E-state index contributed by atoms with van der Waals surface area (Å²) in [6, 6.07) is 0. The third kappa shape index (κ3) is 2.46. The first-order valence-corrected chi connectivity index (χ1v) is 3.99. The molecule has 0 saturated carbocycles. The Morgan fingerprint density at radius 2 is 2.20 bits per heavy atom. The van der Waals surface area contributed by atoms with E-state index in [1.54, 1.807) is 0 Å². The SMILES string of the molecule is Cc1c(C(=O)O)nnn1CC(F)(F)CO. The quantitative estimate of drug-likeness (QED) is 0.741. The van der Waals surface area contributed by atoms with Gasteiger partial charge in [-0.1, -0.05) is 5.21 Å². The van der Waals surface area contributed by atoms with Crippen LogP contribution < -0.4 is 0 Å². The molecule has 6 nitrogen and oxygen atoms in total. The molecule has 0 radical (unpaired) electrons. The number of nitrogens with zero attached hydrogens (tertiary/aromatic N) is 3. The smallest absolute Gasteiger partial charge is 0.358 e. The molecule has 0 unspecified atom stereocenters. The highest BCUT2D eigenvalue weighted by molar-refractivity contribution is 5.86. The highest BCUT2D eigenvalue weighted by atomic mass is 19.3. The zero-order chi connectivity index (χ0) is 11.6. The Morgan fingerprint density at radius 1 is 1.60 bits per heavy atom. The third-order valence-electron chi connectivity index (χ3n) is 1.80. The second kappa shape index (κ2) is 3.89. The molecule has 0 aliphatic rings. The summed E-state index contributed by atoms with van der Waals surface area (Å²) in [5.41, 5.74) is -0.348. The Kier molecular flexibility index (Phi) is 2.98. The fourth-order valence-corrected chi connectivity index (χ4v) is 0.977. The molecule has 0 amide bonds. The molecule has 0 aromatic carbocycles. The Balaban J connectivity index is 2.93. The van der Waals surface area contributed by atoms with Gasteiger partial charge in [0.2, 0.25) is 0 Å². The van der Waals surface area contributed by atoms with Crippen molar-refractivity contribution in [3.05, 3.63) is 11.4 Å². The molecule has 1 heterocycles. The van der Waals surface area contributed by atoms with Gasteiger partial charge in [-0.2, -0.15) is 0 Å². The summed E-state index contributed by atoms with van der Waals surface area (Å²) in [6.07, 6.45) is 0. The summed E-state index contributed by atoms with van der Waals surface area (Å²) in [7, 11) is 0. The maximum atomic E-state index is 12.7. The van der Waals surface area contributed by atoms with Crippen molar-refractivity contribution in [1.29, 1.82) is 0 Å². The highest BCUT2D eigenvalue weighted by Gasteiger charge is 2.30. The molecule has 0 fully saturated rings. The molecule has 2 N–H and O–H groups in total. The maximum absolute atomic E-state index is 12.7. The number of carboxylic acids is 1. The van der Waals surface area contributed by atoms with Gasteiger partial charge < -0.3 is 10.2 Å². The summed E-state index contributed by atoms with van der Waals surface area (Å²) in [4.78, 5) is 10.5. The van der Waals surface area contributed by atoms with Crippen molar-refractivity contribution in [2.75, 3.05) is 6.61 Å². The van der Waals surface area contributed by atoms with E-state index in [0.717, 1.165) is 4.68 Å². The van der Waals surface area contributed by atoms with Crippen molar-refractivity contribution < 1.29 is 23.8 Å². The number of aliphatic hydroxyl groups excluding tert-OH is 1. The van der Waals surface area contributed by atoms with Gasteiger partial charge in [0, 0.05) is 0 Å². The fraction of sp³-hybridized carbons (Fsp3) is 0.571. The fourth-order valence-electron chi connectivity index (χ4n) is 0.977. The number of rotatable bonds is 4. The second-order valence-corrected chi connectivity index (χ2v) is 3.00. The molecule has 1 rings (SSSR count). The topological polar surface area (TPSA) is 88.2 Å². The molecule has 0 spiro atoms. The van der Waals surface area contributed by atoms with Crippen LogP contribution >= 0.6 is 0 Å². The molecule has 0 atom stereocenters. The molecular weight excluding hydrogens is 212 g/mol. The molecule has 0 aliphatic heterocycles. The van der Waals surface area contributed by atoms with E-state index < -0.39 is 25.0 Å². The lowest BCUT2D eigenvalue weighted by molar-refractivity contribution is -0.0659. The first-order valence-electron chi connectivity index (χ1n) is 3.99. The summed E-state index contributed by atoms with van der Waals surface area (Å²) >= 11 is 0. The van der Waals surface area contributed by atoms with Crippen LogP contribution in [0, 0.1) is 6.92 Å². The number of hydrogen-bond donors (Lipinski definition) is 2. The normalized spacial score (nSPS) is 11.7. The largest absolute Gasteiger partial charge is 0.476 e. The number of hydrogen-bond acceptors (Lipinski definition) is 4. The first-order chi connectivity index (χ1) is 6.87. The van der Waals surface area contributed by atoms with E-state index in [-0.39, 0.29) is 11.4 Å². The minimum Gasteiger partial charge on any atom is -0.476 e. The minimum atomic E-state index is -3.34. The predicted octanol–water partition coefficient (Wildman–Crippen LogP) is -0.0877. The third-order valence-corrected chi connectivity index (χ3v) is 1.80. The summed E-state index contributed by atoms with van der Waals surface area (Å²) in [5.74, 6) is -4.67. The number of aromatic carboxylic acids is 1. The Hall–Kier alpha value is -1.57. The van der Waals surface area contributed by atoms with Crippen LogP contribution in [-0.4, -0.2) is 43.7 Å². The standard InChI is InChI=1S/C7H9F2N3O3/c1-4-5(6(14)15)10-11-12(4)2-7(8,9)3-13/h13H,2-3H2,1H3,(H,14,15). The number of carbonyl (C=O) groups is 1. The summed E-state index contributed by atoms with van der Waals surface area (Å²) in [5, 5.41) is 23.4. The summed E-state index contributed by atoms with van der Waals surface area (Å²) < 4.78 is 26.2. The van der Waals surface area contributed by atoms with Gasteiger partial charge >= 0.3 is 5.97 Å². The average Bonchev–Trinajstić information content (AvgIpc) is 2.48. The Morgan fingerprint density at radius 3 is 2.60 bits per heavy atom. The number of carboxylic acid groups (broad SMARTS) is 1. The van der Waals surface area contributed by atoms with Crippen molar-refractivity contribution in [3.8, 4) is 0 Å². The lowest BCUT2D eigenvalue weighted by Gasteiger charge is -2.13. The van der Waals surface area contributed by atoms with Gasteiger partial charge in [-0.3, -0.25) is 0 Å². The van der Waals surface area contributed by atoms with E-state index in [0.29, 0.717) is 0 Å². The molecule has 1 aromatic rings. The number of aliphatic hydroxyl groups is 1. The molecule has 0 bridgehead atoms. The van der Waals surface area contributed by atoms with Gasteiger partial charge in [-0.15, -0.1) is 5.10 Å². The maximum Gasteiger partial charge on any atom is 0.358 e. The molecule has 8 heteroatoms. The van der Waals surface area contributed by atoms with Gasteiger partial charge in [0.05, 0.1) is 5.69 Å². The van der Waals surface area contributed by atoms with Crippen LogP contribution in [-0.2, 0) is 6.54 Å². The van der Waals surface area contributed by atoms with Crippen LogP contribution in [0.3, 0.4) is 0 Å². The van der Waals surface area contributed by atoms with Crippen LogP contribution in [0.1, 0.15) is 16.2 Å². The Bertz CT molecular complexity index is 378.